The maximum Gasteiger partial charge on any atom is 0.0710 e. The zero-order valence-corrected chi connectivity index (χ0v) is 10.3. The van der Waals surface area contributed by atoms with Gasteiger partial charge in [-0.3, -0.25) is 4.68 Å². The summed E-state index contributed by atoms with van der Waals surface area (Å²) in [6.45, 7) is 2.77. The molecule has 0 aliphatic carbocycles. The molecule has 3 aromatic rings. The maximum absolute atomic E-state index is 6.01. The first-order valence-corrected chi connectivity index (χ1v) is 6.01. The van der Waals surface area contributed by atoms with Crippen molar-refractivity contribution in [1.82, 2.24) is 9.78 Å². The summed E-state index contributed by atoms with van der Waals surface area (Å²) < 4.78 is 2.01. The van der Waals surface area contributed by atoms with E-state index in [0.717, 1.165) is 28.8 Å². The van der Waals surface area contributed by atoms with E-state index in [4.69, 9.17) is 5.73 Å². The lowest BCUT2D eigenvalue weighted by Crippen LogP contribution is -2.01. The fourth-order valence-electron chi connectivity index (χ4n) is 2.33. The van der Waals surface area contributed by atoms with Crippen LogP contribution in [0.5, 0.6) is 0 Å². The molecule has 1 heterocycles. The molecule has 0 aliphatic heterocycles. The largest absolute Gasteiger partial charge is 0.398 e. The van der Waals surface area contributed by atoms with Crippen LogP contribution in [0.15, 0.2) is 48.5 Å². The molecule has 0 aliphatic rings. The van der Waals surface area contributed by atoms with Gasteiger partial charge < -0.3 is 5.73 Å². The third-order valence-corrected chi connectivity index (χ3v) is 3.16. The summed E-state index contributed by atoms with van der Waals surface area (Å²) in [7, 11) is 0. The third-order valence-electron chi connectivity index (χ3n) is 3.16. The lowest BCUT2D eigenvalue weighted by Gasteiger charge is -2.04. The molecule has 0 spiro atoms. The van der Waals surface area contributed by atoms with Crippen LogP contribution in [0, 0.1) is 6.92 Å². The Morgan fingerprint density at radius 2 is 1.83 bits per heavy atom. The Morgan fingerprint density at radius 1 is 1.06 bits per heavy atom. The standard InChI is InChI=1S/C15H15N3/c1-11-15-13(16)8-5-9-14(15)18(17-11)10-12-6-3-2-4-7-12/h2-9H,10,16H2,1H3. The van der Waals surface area contributed by atoms with Crippen molar-refractivity contribution in [2.45, 2.75) is 13.5 Å². The van der Waals surface area contributed by atoms with Crippen molar-refractivity contribution >= 4 is 16.6 Å². The minimum atomic E-state index is 0.772. The molecule has 2 N–H and O–H groups in total. The number of hydrogen-bond acceptors (Lipinski definition) is 2. The van der Waals surface area contributed by atoms with E-state index in [1.165, 1.54) is 5.56 Å². The second-order valence-electron chi connectivity index (χ2n) is 4.47. The summed E-state index contributed by atoms with van der Waals surface area (Å²) >= 11 is 0. The van der Waals surface area contributed by atoms with Gasteiger partial charge in [-0.2, -0.15) is 5.10 Å². The fraction of sp³-hybridized carbons (Fsp3) is 0.133. The SMILES string of the molecule is Cc1nn(Cc2ccccc2)c2cccc(N)c12. The van der Waals surface area contributed by atoms with Crippen LogP contribution in [0.2, 0.25) is 0 Å². The molecular weight excluding hydrogens is 222 g/mol. The average Bonchev–Trinajstić information content (AvgIpc) is 2.69. The van der Waals surface area contributed by atoms with Crippen LogP contribution in [0.25, 0.3) is 10.9 Å². The van der Waals surface area contributed by atoms with E-state index >= 15 is 0 Å². The first-order valence-electron chi connectivity index (χ1n) is 6.01. The molecule has 1 aromatic heterocycles. The summed E-state index contributed by atoms with van der Waals surface area (Å²) in [5.41, 5.74) is 10.1. The monoisotopic (exact) mass is 237 g/mol. The molecule has 2 aromatic carbocycles. The Hall–Kier alpha value is -2.29. The highest BCUT2D eigenvalue weighted by Crippen LogP contribution is 2.24. The van der Waals surface area contributed by atoms with E-state index in [2.05, 4.69) is 23.3 Å². The van der Waals surface area contributed by atoms with Gasteiger partial charge in [-0.25, -0.2) is 0 Å². The predicted octanol–water partition coefficient (Wildman–Crippen LogP) is 2.98. The molecule has 0 radical (unpaired) electrons. The topological polar surface area (TPSA) is 43.8 Å². The van der Waals surface area contributed by atoms with Crippen molar-refractivity contribution in [3.8, 4) is 0 Å². The van der Waals surface area contributed by atoms with Crippen LogP contribution in [-0.4, -0.2) is 9.78 Å². The van der Waals surface area contributed by atoms with Gasteiger partial charge in [0, 0.05) is 11.1 Å². The highest BCUT2D eigenvalue weighted by molar-refractivity contribution is 5.92. The Morgan fingerprint density at radius 3 is 2.61 bits per heavy atom. The normalized spacial score (nSPS) is 10.9. The van der Waals surface area contributed by atoms with E-state index in [0.29, 0.717) is 0 Å². The number of benzene rings is 2. The van der Waals surface area contributed by atoms with Gasteiger partial charge in [0.1, 0.15) is 0 Å². The van der Waals surface area contributed by atoms with Crippen LogP contribution in [0.3, 0.4) is 0 Å². The first kappa shape index (κ1) is 10.8. The van der Waals surface area contributed by atoms with Crippen molar-refractivity contribution in [2.75, 3.05) is 5.73 Å². The molecule has 3 heteroatoms. The molecule has 3 rings (SSSR count). The van der Waals surface area contributed by atoms with Crippen molar-refractivity contribution < 1.29 is 0 Å². The average molecular weight is 237 g/mol. The number of rotatable bonds is 2. The number of nitrogens with zero attached hydrogens (tertiary/aromatic N) is 2. The van der Waals surface area contributed by atoms with Gasteiger partial charge in [0.15, 0.2) is 0 Å². The minimum absolute atomic E-state index is 0.772. The molecule has 0 saturated carbocycles. The van der Waals surface area contributed by atoms with Crippen molar-refractivity contribution in [3.05, 3.63) is 59.8 Å². The van der Waals surface area contributed by atoms with E-state index in [-0.39, 0.29) is 0 Å². The maximum atomic E-state index is 6.01. The third kappa shape index (κ3) is 1.74. The molecule has 18 heavy (non-hydrogen) atoms. The fourth-order valence-corrected chi connectivity index (χ4v) is 2.33. The molecule has 0 unspecified atom stereocenters. The molecular formula is C15H15N3. The minimum Gasteiger partial charge on any atom is -0.398 e. The first-order chi connectivity index (χ1) is 8.75. The summed E-state index contributed by atoms with van der Waals surface area (Å²) in [5.74, 6) is 0. The zero-order chi connectivity index (χ0) is 12.5. The van der Waals surface area contributed by atoms with Gasteiger partial charge in [-0.1, -0.05) is 36.4 Å². The highest BCUT2D eigenvalue weighted by Gasteiger charge is 2.09. The second kappa shape index (κ2) is 4.18. The lowest BCUT2D eigenvalue weighted by atomic mass is 10.2. The predicted molar refractivity (Wildman–Crippen MR) is 74.4 cm³/mol. The second-order valence-corrected chi connectivity index (χ2v) is 4.47. The number of fused-ring (bicyclic) bond motifs is 1. The van der Waals surface area contributed by atoms with Crippen LogP contribution in [0.4, 0.5) is 5.69 Å². The van der Waals surface area contributed by atoms with Gasteiger partial charge in [0.05, 0.1) is 17.8 Å². The molecule has 3 nitrogen and oxygen atoms in total. The smallest absolute Gasteiger partial charge is 0.0710 e. The Balaban J connectivity index is 2.11. The van der Waals surface area contributed by atoms with E-state index < -0.39 is 0 Å². The van der Waals surface area contributed by atoms with Gasteiger partial charge in [-0.15, -0.1) is 0 Å². The van der Waals surface area contributed by atoms with E-state index in [1.807, 2.05) is 41.9 Å². The highest BCUT2D eigenvalue weighted by atomic mass is 15.3. The molecule has 0 atom stereocenters. The molecule has 0 fully saturated rings. The summed E-state index contributed by atoms with van der Waals surface area (Å²) in [6.07, 6.45) is 0. The summed E-state index contributed by atoms with van der Waals surface area (Å²) in [4.78, 5) is 0. The molecule has 90 valence electrons. The Bertz CT molecular complexity index is 684. The summed E-state index contributed by atoms with van der Waals surface area (Å²) in [6, 6.07) is 16.3. The van der Waals surface area contributed by atoms with Crippen LogP contribution >= 0.6 is 0 Å². The van der Waals surface area contributed by atoms with Gasteiger partial charge in [0.2, 0.25) is 0 Å². The van der Waals surface area contributed by atoms with Crippen LogP contribution in [0.1, 0.15) is 11.3 Å². The lowest BCUT2D eigenvalue weighted by molar-refractivity contribution is 0.703. The van der Waals surface area contributed by atoms with Gasteiger partial charge >= 0.3 is 0 Å². The molecule has 0 amide bonds. The Labute approximate surface area is 106 Å². The number of nitrogen functional groups attached to an aromatic ring is 1. The van der Waals surface area contributed by atoms with Crippen molar-refractivity contribution in [2.24, 2.45) is 0 Å². The molecule has 0 bridgehead atoms. The quantitative estimate of drug-likeness (QED) is 0.696. The Kier molecular flexibility index (Phi) is 2.52. The molecule has 0 saturated heterocycles. The zero-order valence-electron chi connectivity index (χ0n) is 10.3. The van der Waals surface area contributed by atoms with Crippen molar-refractivity contribution in [3.63, 3.8) is 0 Å². The number of hydrogen-bond donors (Lipinski definition) is 1. The number of nitrogens with two attached hydrogens (primary N) is 1. The van der Waals surface area contributed by atoms with E-state index in [9.17, 15) is 0 Å². The van der Waals surface area contributed by atoms with Crippen molar-refractivity contribution in [1.29, 1.82) is 0 Å². The van der Waals surface area contributed by atoms with Crippen LogP contribution < -0.4 is 5.73 Å². The number of anilines is 1. The van der Waals surface area contributed by atoms with Gasteiger partial charge in [-0.05, 0) is 24.6 Å². The van der Waals surface area contributed by atoms with Crippen LogP contribution in [-0.2, 0) is 6.54 Å². The number of aromatic nitrogens is 2. The summed E-state index contributed by atoms with van der Waals surface area (Å²) in [5, 5.41) is 5.65. The van der Waals surface area contributed by atoms with E-state index in [1.54, 1.807) is 0 Å². The van der Waals surface area contributed by atoms with Gasteiger partial charge in [0.25, 0.3) is 0 Å². The number of aryl methyl sites for hydroxylation is 1.